The monoisotopic (exact) mass is 470 g/mol. The molecule has 1 aliphatic rings. The zero-order chi connectivity index (χ0) is 23.8. The van der Waals surface area contributed by atoms with E-state index in [-0.39, 0.29) is 29.1 Å². The Hall–Kier alpha value is -3.32. The third kappa shape index (κ3) is 6.35. The van der Waals surface area contributed by atoms with Crippen LogP contribution in [-0.2, 0) is 22.6 Å². The molecule has 1 aliphatic heterocycles. The lowest BCUT2D eigenvalue weighted by molar-refractivity contribution is -0.134. The summed E-state index contributed by atoms with van der Waals surface area (Å²) < 4.78 is 0. The van der Waals surface area contributed by atoms with E-state index in [1.807, 2.05) is 42.5 Å². The molecule has 33 heavy (non-hydrogen) atoms. The SMILES string of the molecule is O=C1NCC/C=C/CCCC(C(=O)NCc2ccccc2)C(=O)Cc2c(Cl)c(O)cc(O)c21. The van der Waals surface area contributed by atoms with Gasteiger partial charge in [-0.2, -0.15) is 0 Å². The van der Waals surface area contributed by atoms with Crippen LogP contribution in [0.2, 0.25) is 5.02 Å². The summed E-state index contributed by atoms with van der Waals surface area (Å²) in [4.78, 5) is 38.9. The van der Waals surface area contributed by atoms with Crippen molar-refractivity contribution in [3.63, 3.8) is 0 Å². The molecule has 1 atom stereocenters. The molecule has 0 radical (unpaired) electrons. The van der Waals surface area contributed by atoms with Gasteiger partial charge in [-0.15, -0.1) is 0 Å². The molecule has 0 fully saturated rings. The van der Waals surface area contributed by atoms with Crippen LogP contribution in [0.1, 0.15) is 47.2 Å². The average molecular weight is 471 g/mol. The Morgan fingerprint density at radius 3 is 2.58 bits per heavy atom. The Balaban J connectivity index is 1.90. The first-order chi connectivity index (χ1) is 15.9. The van der Waals surface area contributed by atoms with Crippen molar-refractivity contribution in [2.75, 3.05) is 6.54 Å². The largest absolute Gasteiger partial charge is 0.507 e. The summed E-state index contributed by atoms with van der Waals surface area (Å²) in [5.74, 6) is -3.34. The first-order valence-corrected chi connectivity index (χ1v) is 11.3. The second-order valence-corrected chi connectivity index (χ2v) is 8.31. The highest BCUT2D eigenvalue weighted by Gasteiger charge is 2.30. The van der Waals surface area contributed by atoms with E-state index in [4.69, 9.17) is 11.6 Å². The minimum absolute atomic E-state index is 0.00475. The van der Waals surface area contributed by atoms with E-state index in [1.54, 1.807) is 0 Å². The van der Waals surface area contributed by atoms with Crippen molar-refractivity contribution in [1.82, 2.24) is 10.6 Å². The fraction of sp³-hybridized carbons (Fsp3) is 0.320. The Labute approximate surface area is 197 Å². The number of amides is 2. The van der Waals surface area contributed by atoms with Gasteiger partial charge in [0, 0.05) is 25.6 Å². The van der Waals surface area contributed by atoms with E-state index in [0.717, 1.165) is 11.6 Å². The minimum atomic E-state index is -0.957. The maximum atomic E-state index is 13.2. The highest BCUT2D eigenvalue weighted by Crippen LogP contribution is 2.37. The lowest BCUT2D eigenvalue weighted by Gasteiger charge is -2.19. The second-order valence-electron chi connectivity index (χ2n) is 7.93. The maximum absolute atomic E-state index is 13.2. The lowest BCUT2D eigenvalue weighted by atomic mass is 9.89. The van der Waals surface area contributed by atoms with Crippen molar-refractivity contribution >= 4 is 29.2 Å². The number of halogens is 1. The topological polar surface area (TPSA) is 116 Å². The highest BCUT2D eigenvalue weighted by atomic mass is 35.5. The number of phenolic OH excluding ortho intramolecular Hbond substituents is 2. The van der Waals surface area contributed by atoms with Gasteiger partial charge in [-0.3, -0.25) is 14.4 Å². The summed E-state index contributed by atoms with van der Waals surface area (Å²) in [6.07, 6.45) is 5.75. The van der Waals surface area contributed by atoms with Gasteiger partial charge in [0.15, 0.2) is 0 Å². The number of Topliss-reactive ketones (excluding diaryl/α,β-unsaturated/α-hetero) is 1. The van der Waals surface area contributed by atoms with Crippen LogP contribution < -0.4 is 10.6 Å². The average Bonchev–Trinajstić information content (AvgIpc) is 2.79. The quantitative estimate of drug-likeness (QED) is 0.403. The van der Waals surface area contributed by atoms with E-state index >= 15 is 0 Å². The summed E-state index contributed by atoms with van der Waals surface area (Å²) >= 11 is 6.23. The van der Waals surface area contributed by atoms with Crippen LogP contribution in [0.5, 0.6) is 11.5 Å². The molecule has 2 amide bonds. The highest BCUT2D eigenvalue weighted by molar-refractivity contribution is 6.33. The molecule has 174 valence electrons. The predicted octanol–water partition coefficient (Wildman–Crippen LogP) is 3.66. The number of hydrogen-bond donors (Lipinski definition) is 4. The molecule has 3 rings (SSSR count). The minimum Gasteiger partial charge on any atom is -0.507 e. The number of carbonyl (C=O) groups excluding carboxylic acids is 3. The van der Waals surface area contributed by atoms with Crippen molar-refractivity contribution in [2.45, 2.75) is 38.6 Å². The van der Waals surface area contributed by atoms with E-state index < -0.39 is 35.0 Å². The van der Waals surface area contributed by atoms with Crippen LogP contribution in [-0.4, -0.2) is 34.4 Å². The van der Waals surface area contributed by atoms with Crippen LogP contribution in [0.3, 0.4) is 0 Å². The molecular formula is C25H27ClN2O5. The fourth-order valence-corrected chi connectivity index (χ4v) is 4.00. The molecular weight excluding hydrogens is 444 g/mol. The van der Waals surface area contributed by atoms with Crippen LogP contribution in [0.25, 0.3) is 0 Å². The molecule has 2 aromatic carbocycles. The smallest absolute Gasteiger partial charge is 0.255 e. The van der Waals surface area contributed by atoms with Crippen molar-refractivity contribution in [3.8, 4) is 11.5 Å². The molecule has 0 aliphatic carbocycles. The van der Waals surface area contributed by atoms with Crippen molar-refractivity contribution in [2.24, 2.45) is 5.92 Å². The maximum Gasteiger partial charge on any atom is 0.255 e. The molecule has 1 unspecified atom stereocenters. The van der Waals surface area contributed by atoms with Gasteiger partial charge in [0.1, 0.15) is 17.3 Å². The fourth-order valence-electron chi connectivity index (χ4n) is 3.78. The molecule has 7 nitrogen and oxygen atoms in total. The molecule has 8 heteroatoms. The van der Waals surface area contributed by atoms with Crippen molar-refractivity contribution < 1.29 is 24.6 Å². The molecule has 2 aromatic rings. The Morgan fingerprint density at radius 1 is 1.09 bits per heavy atom. The molecule has 0 saturated heterocycles. The van der Waals surface area contributed by atoms with Gasteiger partial charge in [-0.1, -0.05) is 54.1 Å². The molecule has 0 saturated carbocycles. The Kier molecular flexibility index (Phi) is 8.49. The van der Waals surface area contributed by atoms with Crippen molar-refractivity contribution in [1.29, 1.82) is 0 Å². The van der Waals surface area contributed by atoms with Gasteiger partial charge in [0.05, 0.1) is 16.5 Å². The van der Waals surface area contributed by atoms with E-state index in [1.165, 1.54) is 0 Å². The summed E-state index contributed by atoms with van der Waals surface area (Å²) in [5.41, 5.74) is 0.739. The number of ketones is 1. The molecule has 4 N–H and O–H groups in total. The first kappa shape index (κ1) is 24.3. The number of phenols is 2. The third-order valence-electron chi connectivity index (χ3n) is 5.54. The number of allylic oxidation sites excluding steroid dienone is 1. The standard InChI is InChI=1S/C25H27ClN2O5/c26-23-18-13-19(29)17(24(32)28-15-16-9-5-4-6-10-16)11-7-2-1-3-8-12-27-25(33)22(18)20(30)14-21(23)31/h1,3-6,9-10,14,17,30-31H,2,7-8,11-13,15H2,(H,27,33)(H,28,32)/b3-1+. The van der Waals surface area contributed by atoms with Gasteiger partial charge in [0.2, 0.25) is 5.91 Å². The number of nitrogens with one attached hydrogen (secondary N) is 2. The number of rotatable bonds is 3. The van der Waals surface area contributed by atoms with E-state index in [9.17, 15) is 24.6 Å². The first-order valence-electron chi connectivity index (χ1n) is 10.9. The second kappa shape index (κ2) is 11.5. The number of fused-ring (bicyclic) bond motifs is 1. The number of benzene rings is 2. The summed E-state index contributed by atoms with van der Waals surface area (Å²) in [5, 5.41) is 25.7. The summed E-state index contributed by atoms with van der Waals surface area (Å²) in [6, 6.07) is 10.3. The van der Waals surface area contributed by atoms with Crippen LogP contribution in [0.15, 0.2) is 48.6 Å². The molecule has 0 bridgehead atoms. The van der Waals surface area contributed by atoms with E-state index in [0.29, 0.717) is 32.2 Å². The van der Waals surface area contributed by atoms with Crippen LogP contribution in [0, 0.1) is 5.92 Å². The predicted molar refractivity (Wildman–Crippen MR) is 125 cm³/mol. The zero-order valence-corrected chi connectivity index (χ0v) is 18.9. The van der Waals surface area contributed by atoms with Crippen LogP contribution >= 0.6 is 11.6 Å². The normalized spacial score (nSPS) is 18.5. The van der Waals surface area contributed by atoms with Crippen LogP contribution in [0.4, 0.5) is 0 Å². The molecule has 0 aromatic heterocycles. The Bertz CT molecular complexity index is 1050. The number of hydrogen-bond acceptors (Lipinski definition) is 5. The molecule has 0 spiro atoms. The zero-order valence-electron chi connectivity index (χ0n) is 18.1. The van der Waals surface area contributed by atoms with Gasteiger partial charge in [-0.25, -0.2) is 0 Å². The third-order valence-corrected chi connectivity index (χ3v) is 5.96. The summed E-state index contributed by atoms with van der Waals surface area (Å²) in [6.45, 7) is 0.621. The lowest BCUT2D eigenvalue weighted by Crippen LogP contribution is -2.36. The number of carbonyl (C=O) groups is 3. The van der Waals surface area contributed by atoms with Gasteiger partial charge in [-0.05, 0) is 36.8 Å². The van der Waals surface area contributed by atoms with Gasteiger partial charge < -0.3 is 20.8 Å². The van der Waals surface area contributed by atoms with Gasteiger partial charge >= 0.3 is 0 Å². The number of aromatic hydroxyl groups is 2. The van der Waals surface area contributed by atoms with Gasteiger partial charge in [0.25, 0.3) is 5.91 Å². The van der Waals surface area contributed by atoms with Crippen molar-refractivity contribution in [3.05, 3.63) is 70.3 Å². The molecule has 1 heterocycles. The summed E-state index contributed by atoms with van der Waals surface area (Å²) in [7, 11) is 0. The Morgan fingerprint density at radius 2 is 1.82 bits per heavy atom. The van der Waals surface area contributed by atoms with E-state index in [2.05, 4.69) is 10.6 Å².